The molecule has 24 heavy (non-hydrogen) atoms. The normalized spacial score (nSPS) is 23.2. The van der Waals surface area contributed by atoms with Crippen molar-refractivity contribution in [1.82, 2.24) is 14.9 Å². The van der Waals surface area contributed by atoms with Crippen LogP contribution in [0.2, 0.25) is 0 Å². The number of pyridine rings is 2. The molecule has 2 saturated heterocycles. The molecule has 4 heterocycles. The van der Waals surface area contributed by atoms with Crippen LogP contribution in [-0.4, -0.2) is 46.5 Å². The smallest absolute Gasteiger partial charge is 0.255 e. The van der Waals surface area contributed by atoms with Gasteiger partial charge in [-0.2, -0.15) is 0 Å². The SMILES string of the molecule is O=C(c1cncc(Br)c1)N1CCC2CCN(c3ccccn3)CC21. The fraction of sp³-hybridized carbons (Fsp3) is 0.389. The number of likely N-dealkylation sites (tertiary alicyclic amines) is 1. The summed E-state index contributed by atoms with van der Waals surface area (Å²) in [5.74, 6) is 1.67. The van der Waals surface area contributed by atoms with Gasteiger partial charge in [-0.05, 0) is 52.9 Å². The second kappa shape index (κ2) is 6.51. The lowest BCUT2D eigenvalue weighted by Crippen LogP contribution is -2.50. The predicted molar refractivity (Wildman–Crippen MR) is 95.9 cm³/mol. The third-order valence-corrected chi connectivity index (χ3v) is 5.48. The molecule has 4 rings (SSSR count). The van der Waals surface area contributed by atoms with Gasteiger partial charge in [-0.1, -0.05) is 6.07 Å². The Kier molecular flexibility index (Phi) is 4.22. The minimum atomic E-state index is 0.0826. The molecule has 2 aromatic rings. The van der Waals surface area contributed by atoms with Crippen LogP contribution in [0, 0.1) is 5.92 Å². The molecule has 124 valence electrons. The van der Waals surface area contributed by atoms with Crippen molar-refractivity contribution in [2.24, 2.45) is 5.92 Å². The maximum Gasteiger partial charge on any atom is 0.255 e. The van der Waals surface area contributed by atoms with Crippen LogP contribution in [0.5, 0.6) is 0 Å². The number of piperidine rings is 1. The first-order valence-corrected chi connectivity index (χ1v) is 9.09. The van der Waals surface area contributed by atoms with E-state index in [0.29, 0.717) is 11.5 Å². The number of carbonyl (C=O) groups is 1. The van der Waals surface area contributed by atoms with Gasteiger partial charge in [0.15, 0.2) is 0 Å². The fourth-order valence-electron chi connectivity index (χ4n) is 3.84. The van der Waals surface area contributed by atoms with E-state index in [4.69, 9.17) is 0 Å². The van der Waals surface area contributed by atoms with Gasteiger partial charge in [0.25, 0.3) is 5.91 Å². The Morgan fingerprint density at radius 3 is 2.88 bits per heavy atom. The van der Waals surface area contributed by atoms with Crippen molar-refractivity contribution >= 4 is 27.7 Å². The third kappa shape index (κ3) is 2.90. The highest BCUT2D eigenvalue weighted by atomic mass is 79.9. The van der Waals surface area contributed by atoms with Crippen molar-refractivity contribution in [2.45, 2.75) is 18.9 Å². The Labute approximate surface area is 149 Å². The minimum absolute atomic E-state index is 0.0826. The van der Waals surface area contributed by atoms with Crippen LogP contribution in [0.15, 0.2) is 47.3 Å². The molecule has 2 fully saturated rings. The van der Waals surface area contributed by atoms with Gasteiger partial charge in [-0.3, -0.25) is 9.78 Å². The molecule has 2 aliphatic heterocycles. The van der Waals surface area contributed by atoms with E-state index >= 15 is 0 Å². The number of nitrogens with zero attached hydrogens (tertiary/aromatic N) is 4. The highest BCUT2D eigenvalue weighted by molar-refractivity contribution is 9.10. The lowest BCUT2D eigenvalue weighted by Gasteiger charge is -2.39. The average molecular weight is 387 g/mol. The van der Waals surface area contributed by atoms with Gasteiger partial charge < -0.3 is 9.80 Å². The Hall–Kier alpha value is -1.95. The monoisotopic (exact) mass is 386 g/mol. The number of rotatable bonds is 2. The second-order valence-electron chi connectivity index (χ2n) is 6.43. The summed E-state index contributed by atoms with van der Waals surface area (Å²) in [6, 6.07) is 8.09. The van der Waals surface area contributed by atoms with Crippen LogP contribution < -0.4 is 4.90 Å². The Bertz CT molecular complexity index is 739. The van der Waals surface area contributed by atoms with Crippen LogP contribution in [0.4, 0.5) is 5.82 Å². The van der Waals surface area contributed by atoms with Crippen molar-refractivity contribution in [3.8, 4) is 0 Å². The first kappa shape index (κ1) is 15.6. The van der Waals surface area contributed by atoms with E-state index in [2.05, 4.69) is 30.8 Å². The largest absolute Gasteiger partial charge is 0.355 e. The van der Waals surface area contributed by atoms with E-state index in [9.17, 15) is 4.79 Å². The van der Waals surface area contributed by atoms with Crippen LogP contribution in [0.25, 0.3) is 0 Å². The molecule has 2 aliphatic rings. The Balaban J connectivity index is 1.54. The number of hydrogen-bond acceptors (Lipinski definition) is 4. The van der Waals surface area contributed by atoms with Crippen molar-refractivity contribution < 1.29 is 4.79 Å². The molecule has 6 heteroatoms. The molecule has 0 spiro atoms. The third-order valence-electron chi connectivity index (χ3n) is 5.05. The van der Waals surface area contributed by atoms with Crippen molar-refractivity contribution in [3.63, 3.8) is 0 Å². The van der Waals surface area contributed by atoms with Gasteiger partial charge in [0.1, 0.15) is 5.82 Å². The summed E-state index contributed by atoms with van der Waals surface area (Å²) >= 11 is 3.40. The standard InChI is InChI=1S/C18H19BrN4O/c19-15-9-14(10-20-11-15)18(24)23-8-5-13-4-7-22(12-16(13)23)17-3-1-2-6-21-17/h1-3,6,9-11,13,16H,4-5,7-8,12H2. The minimum Gasteiger partial charge on any atom is -0.355 e. The molecule has 0 aliphatic carbocycles. The number of carbonyl (C=O) groups excluding carboxylic acids is 1. The number of halogens is 1. The average Bonchev–Trinajstić information content (AvgIpc) is 3.05. The predicted octanol–water partition coefficient (Wildman–Crippen LogP) is 2.98. The van der Waals surface area contributed by atoms with E-state index in [-0.39, 0.29) is 11.9 Å². The zero-order valence-electron chi connectivity index (χ0n) is 13.3. The summed E-state index contributed by atoms with van der Waals surface area (Å²) in [7, 11) is 0. The number of aromatic nitrogens is 2. The van der Waals surface area contributed by atoms with Gasteiger partial charge in [0.05, 0.1) is 11.6 Å². The molecular formula is C18H19BrN4O. The summed E-state index contributed by atoms with van der Waals surface area (Å²) < 4.78 is 0.836. The maximum absolute atomic E-state index is 12.9. The van der Waals surface area contributed by atoms with Gasteiger partial charge in [0, 0.05) is 42.7 Å². The zero-order valence-corrected chi connectivity index (χ0v) is 14.9. The quantitative estimate of drug-likeness (QED) is 0.795. The molecule has 0 N–H and O–H groups in total. The molecule has 2 aromatic heterocycles. The van der Waals surface area contributed by atoms with E-state index in [1.54, 1.807) is 12.4 Å². The summed E-state index contributed by atoms with van der Waals surface area (Å²) in [4.78, 5) is 25.8. The first-order valence-electron chi connectivity index (χ1n) is 8.30. The molecule has 2 atom stereocenters. The zero-order chi connectivity index (χ0) is 16.5. The van der Waals surface area contributed by atoms with E-state index < -0.39 is 0 Å². The van der Waals surface area contributed by atoms with Crippen LogP contribution in [-0.2, 0) is 0 Å². The molecule has 0 saturated carbocycles. The second-order valence-corrected chi connectivity index (χ2v) is 7.34. The van der Waals surface area contributed by atoms with Crippen LogP contribution >= 0.6 is 15.9 Å². The van der Waals surface area contributed by atoms with Crippen molar-refractivity contribution in [3.05, 3.63) is 52.9 Å². The van der Waals surface area contributed by atoms with Crippen molar-refractivity contribution in [2.75, 3.05) is 24.5 Å². The lowest BCUT2D eigenvalue weighted by atomic mass is 9.92. The molecule has 1 amide bonds. The van der Waals surface area contributed by atoms with Crippen LogP contribution in [0.3, 0.4) is 0 Å². The topological polar surface area (TPSA) is 49.3 Å². The number of amides is 1. The molecule has 2 unspecified atom stereocenters. The van der Waals surface area contributed by atoms with Gasteiger partial charge in [-0.15, -0.1) is 0 Å². The lowest BCUT2D eigenvalue weighted by molar-refractivity contribution is 0.0711. The van der Waals surface area contributed by atoms with E-state index in [1.165, 1.54) is 0 Å². The fourth-order valence-corrected chi connectivity index (χ4v) is 4.20. The maximum atomic E-state index is 12.9. The highest BCUT2D eigenvalue weighted by Crippen LogP contribution is 2.34. The van der Waals surface area contributed by atoms with Gasteiger partial charge >= 0.3 is 0 Å². The summed E-state index contributed by atoms with van der Waals surface area (Å²) in [5, 5.41) is 0. The molecule has 0 radical (unpaired) electrons. The summed E-state index contributed by atoms with van der Waals surface area (Å²) in [5.41, 5.74) is 0.653. The van der Waals surface area contributed by atoms with Gasteiger partial charge in [-0.25, -0.2) is 4.98 Å². The van der Waals surface area contributed by atoms with Crippen molar-refractivity contribution in [1.29, 1.82) is 0 Å². The number of hydrogen-bond donors (Lipinski definition) is 0. The molecule has 0 bridgehead atoms. The number of fused-ring (bicyclic) bond motifs is 1. The summed E-state index contributed by atoms with van der Waals surface area (Å²) in [6.45, 7) is 2.70. The highest BCUT2D eigenvalue weighted by Gasteiger charge is 2.41. The van der Waals surface area contributed by atoms with Crippen LogP contribution in [0.1, 0.15) is 23.2 Å². The molecule has 5 nitrogen and oxygen atoms in total. The van der Waals surface area contributed by atoms with Gasteiger partial charge in [0.2, 0.25) is 0 Å². The Morgan fingerprint density at radius 1 is 1.21 bits per heavy atom. The van der Waals surface area contributed by atoms with E-state index in [0.717, 1.165) is 42.8 Å². The van der Waals surface area contributed by atoms with E-state index in [1.807, 2.05) is 35.4 Å². The molecule has 0 aromatic carbocycles. The summed E-state index contributed by atoms with van der Waals surface area (Å²) in [6.07, 6.45) is 7.38. The Morgan fingerprint density at radius 2 is 2.08 bits per heavy atom. The first-order chi connectivity index (χ1) is 11.7. The number of anilines is 1. The molecular weight excluding hydrogens is 368 g/mol.